The maximum absolute atomic E-state index is 13.7. The zero-order valence-electron chi connectivity index (χ0n) is 11.3. The summed E-state index contributed by atoms with van der Waals surface area (Å²) in [6.45, 7) is 0.742. The molecule has 0 radical (unpaired) electrons. The van der Waals surface area contributed by atoms with Crippen LogP contribution in [0, 0.1) is 5.82 Å². The Kier molecular flexibility index (Phi) is 3.70. The van der Waals surface area contributed by atoms with E-state index in [0.29, 0.717) is 5.56 Å². The lowest BCUT2D eigenvalue weighted by Crippen LogP contribution is -2.18. The lowest BCUT2D eigenvalue weighted by molar-refractivity contribution is 0.281. The van der Waals surface area contributed by atoms with Crippen molar-refractivity contribution in [2.75, 3.05) is 11.4 Å². The lowest BCUT2D eigenvalue weighted by Gasteiger charge is -2.25. The van der Waals surface area contributed by atoms with Crippen LogP contribution >= 0.6 is 0 Å². The fraction of sp³-hybridized carbons (Fsp3) is 0.294. The third kappa shape index (κ3) is 2.54. The minimum absolute atomic E-state index is 0.139. The average molecular weight is 271 g/mol. The molecule has 0 aliphatic carbocycles. The van der Waals surface area contributed by atoms with Gasteiger partial charge in [-0.3, -0.25) is 0 Å². The predicted octanol–water partition coefficient (Wildman–Crippen LogP) is 3.79. The molecule has 3 rings (SSSR count). The van der Waals surface area contributed by atoms with Gasteiger partial charge < -0.3 is 10.0 Å². The second-order valence-corrected chi connectivity index (χ2v) is 5.21. The van der Waals surface area contributed by atoms with E-state index in [4.69, 9.17) is 0 Å². The molecule has 0 bridgehead atoms. The monoisotopic (exact) mass is 271 g/mol. The molecule has 1 aliphatic rings. The molecule has 20 heavy (non-hydrogen) atoms. The molecule has 2 aromatic rings. The maximum atomic E-state index is 13.7. The summed E-state index contributed by atoms with van der Waals surface area (Å²) >= 11 is 0. The van der Waals surface area contributed by atoms with Crippen molar-refractivity contribution >= 4 is 11.4 Å². The van der Waals surface area contributed by atoms with Gasteiger partial charge in [0.1, 0.15) is 5.82 Å². The minimum atomic E-state index is -0.298. The van der Waals surface area contributed by atoms with E-state index in [0.717, 1.165) is 37.2 Å². The van der Waals surface area contributed by atoms with Crippen molar-refractivity contribution in [1.82, 2.24) is 0 Å². The number of para-hydroxylation sites is 1. The molecule has 0 amide bonds. The van der Waals surface area contributed by atoms with Crippen LogP contribution in [0.4, 0.5) is 15.8 Å². The molecule has 0 aromatic heterocycles. The van der Waals surface area contributed by atoms with Gasteiger partial charge in [0.15, 0.2) is 0 Å². The van der Waals surface area contributed by atoms with E-state index in [9.17, 15) is 9.50 Å². The van der Waals surface area contributed by atoms with Gasteiger partial charge in [0, 0.05) is 17.9 Å². The number of hydrogen-bond acceptors (Lipinski definition) is 2. The Morgan fingerprint density at radius 2 is 1.95 bits per heavy atom. The lowest BCUT2D eigenvalue weighted by atomic mass is 10.1. The smallest absolute Gasteiger partial charge is 0.125 e. The number of hydrogen-bond donors (Lipinski definition) is 1. The summed E-state index contributed by atoms with van der Waals surface area (Å²) in [7, 11) is 0. The summed E-state index contributed by atoms with van der Waals surface area (Å²) in [6.07, 6.45) is 3.30. The Morgan fingerprint density at radius 1 is 1.10 bits per heavy atom. The van der Waals surface area contributed by atoms with Crippen LogP contribution in [0.25, 0.3) is 0 Å². The zero-order chi connectivity index (χ0) is 13.9. The first-order valence-corrected chi connectivity index (χ1v) is 7.04. The van der Waals surface area contributed by atoms with Crippen LogP contribution < -0.4 is 4.90 Å². The summed E-state index contributed by atoms with van der Waals surface area (Å²) in [5.41, 5.74) is 3.89. The van der Waals surface area contributed by atoms with Gasteiger partial charge in [0.05, 0.1) is 6.61 Å². The van der Waals surface area contributed by atoms with Gasteiger partial charge >= 0.3 is 0 Å². The number of aryl methyl sites for hydroxylation is 1. The van der Waals surface area contributed by atoms with Gasteiger partial charge in [0.2, 0.25) is 0 Å². The van der Waals surface area contributed by atoms with Crippen LogP contribution in [0.3, 0.4) is 0 Å². The fourth-order valence-electron chi connectivity index (χ4n) is 2.84. The molecule has 1 aliphatic heterocycles. The number of rotatable bonds is 2. The number of benzene rings is 2. The van der Waals surface area contributed by atoms with Crippen molar-refractivity contribution in [3.63, 3.8) is 0 Å². The van der Waals surface area contributed by atoms with Crippen molar-refractivity contribution in [3.05, 3.63) is 59.4 Å². The topological polar surface area (TPSA) is 23.5 Å². The van der Waals surface area contributed by atoms with E-state index in [-0.39, 0.29) is 12.4 Å². The number of aliphatic hydroxyl groups is 1. The number of fused-ring (bicyclic) bond motifs is 1. The van der Waals surface area contributed by atoms with Crippen LogP contribution in [-0.4, -0.2) is 11.7 Å². The van der Waals surface area contributed by atoms with Crippen molar-refractivity contribution in [2.45, 2.75) is 25.9 Å². The molecule has 1 N–H and O–H groups in total. The second-order valence-electron chi connectivity index (χ2n) is 5.21. The first-order valence-electron chi connectivity index (χ1n) is 7.04. The Morgan fingerprint density at radius 3 is 2.80 bits per heavy atom. The molecule has 0 saturated carbocycles. The first kappa shape index (κ1) is 13.1. The third-order valence-corrected chi connectivity index (χ3v) is 3.80. The molecule has 2 nitrogen and oxygen atoms in total. The van der Waals surface area contributed by atoms with Crippen molar-refractivity contribution < 1.29 is 9.50 Å². The summed E-state index contributed by atoms with van der Waals surface area (Å²) in [4.78, 5) is 2.16. The Hall–Kier alpha value is -1.87. The highest BCUT2D eigenvalue weighted by Crippen LogP contribution is 2.33. The maximum Gasteiger partial charge on any atom is 0.125 e. The van der Waals surface area contributed by atoms with E-state index >= 15 is 0 Å². The average Bonchev–Trinajstić information content (AvgIpc) is 2.69. The van der Waals surface area contributed by atoms with Gasteiger partial charge in [-0.2, -0.15) is 0 Å². The van der Waals surface area contributed by atoms with E-state index in [1.54, 1.807) is 6.07 Å². The molecule has 0 atom stereocenters. The van der Waals surface area contributed by atoms with E-state index in [1.807, 2.05) is 18.2 Å². The number of nitrogens with zero attached hydrogens (tertiary/aromatic N) is 1. The summed E-state index contributed by atoms with van der Waals surface area (Å²) in [5, 5.41) is 9.25. The van der Waals surface area contributed by atoms with Crippen LogP contribution in [0.15, 0.2) is 42.5 Å². The van der Waals surface area contributed by atoms with Crippen molar-refractivity contribution in [3.8, 4) is 0 Å². The summed E-state index contributed by atoms with van der Waals surface area (Å²) in [6, 6.07) is 13.1. The zero-order valence-corrected chi connectivity index (χ0v) is 11.3. The quantitative estimate of drug-likeness (QED) is 0.898. The highest BCUT2D eigenvalue weighted by atomic mass is 19.1. The molecule has 3 heteroatoms. The normalized spacial score (nSPS) is 14.8. The van der Waals surface area contributed by atoms with E-state index in [1.165, 1.54) is 11.6 Å². The molecular formula is C17H18FNO. The van der Waals surface area contributed by atoms with Crippen LogP contribution in [0.2, 0.25) is 0 Å². The summed E-state index contributed by atoms with van der Waals surface area (Å²) < 4.78 is 13.7. The molecule has 104 valence electrons. The number of aliphatic hydroxyl groups excluding tert-OH is 1. The highest BCUT2D eigenvalue weighted by Gasteiger charge is 2.17. The third-order valence-electron chi connectivity index (χ3n) is 3.80. The van der Waals surface area contributed by atoms with Gasteiger partial charge in [0.25, 0.3) is 0 Å². The standard InChI is InChI=1S/C17H18FNO/c18-15-9-13(12-20)10-16(11-15)19-8-4-3-6-14-5-1-2-7-17(14)19/h1-2,5,7,9-11,20H,3-4,6,8,12H2. The fourth-order valence-corrected chi connectivity index (χ4v) is 2.84. The van der Waals surface area contributed by atoms with Gasteiger partial charge in [-0.15, -0.1) is 0 Å². The van der Waals surface area contributed by atoms with Crippen LogP contribution in [0.1, 0.15) is 24.0 Å². The van der Waals surface area contributed by atoms with Crippen molar-refractivity contribution in [1.29, 1.82) is 0 Å². The van der Waals surface area contributed by atoms with Crippen LogP contribution in [-0.2, 0) is 13.0 Å². The molecule has 0 fully saturated rings. The largest absolute Gasteiger partial charge is 0.392 e. The summed E-state index contributed by atoms with van der Waals surface area (Å²) in [5.74, 6) is -0.298. The molecule has 0 saturated heterocycles. The van der Waals surface area contributed by atoms with Gasteiger partial charge in [-0.05, 0) is 54.7 Å². The Balaban J connectivity index is 2.07. The predicted molar refractivity (Wildman–Crippen MR) is 78.7 cm³/mol. The van der Waals surface area contributed by atoms with Gasteiger partial charge in [-0.1, -0.05) is 18.2 Å². The Labute approximate surface area is 118 Å². The second kappa shape index (κ2) is 5.63. The molecule has 0 unspecified atom stereocenters. The number of anilines is 2. The molecule has 0 spiro atoms. The number of halogens is 1. The minimum Gasteiger partial charge on any atom is -0.392 e. The first-order chi connectivity index (χ1) is 9.78. The Bertz CT molecular complexity index is 612. The molecular weight excluding hydrogens is 253 g/mol. The SMILES string of the molecule is OCc1cc(F)cc(N2CCCCc3ccccc32)c1. The highest BCUT2D eigenvalue weighted by molar-refractivity contribution is 5.67. The van der Waals surface area contributed by atoms with Crippen LogP contribution in [0.5, 0.6) is 0 Å². The molecule has 2 aromatic carbocycles. The van der Waals surface area contributed by atoms with Crippen molar-refractivity contribution in [2.24, 2.45) is 0 Å². The van der Waals surface area contributed by atoms with E-state index in [2.05, 4.69) is 17.0 Å². The van der Waals surface area contributed by atoms with E-state index < -0.39 is 0 Å². The molecule has 1 heterocycles. The van der Waals surface area contributed by atoms with Gasteiger partial charge in [-0.25, -0.2) is 4.39 Å².